The van der Waals surface area contributed by atoms with Crippen LogP contribution in [0.25, 0.3) is 11.0 Å². The molecule has 1 N–H and O–H groups in total. The van der Waals surface area contributed by atoms with Gasteiger partial charge in [0.25, 0.3) is 5.91 Å². The Balaban J connectivity index is 1.75. The molecule has 0 bridgehead atoms. The van der Waals surface area contributed by atoms with Crippen LogP contribution in [0.1, 0.15) is 16.2 Å². The van der Waals surface area contributed by atoms with Gasteiger partial charge in [-0.3, -0.25) is 4.79 Å². The summed E-state index contributed by atoms with van der Waals surface area (Å²) in [5, 5.41) is 2.65. The summed E-state index contributed by atoms with van der Waals surface area (Å²) in [7, 11) is 1.89. The molecule has 0 aliphatic heterocycles. The number of halogens is 3. The number of aryl methyl sites for hydroxylation is 2. The smallest absolute Gasteiger partial charge is 0.422 e. The summed E-state index contributed by atoms with van der Waals surface area (Å²) in [6.07, 6.45) is -4.42. The van der Waals surface area contributed by atoms with Crippen LogP contribution in [0.15, 0.2) is 42.5 Å². The third kappa shape index (κ3) is 3.96. The first-order valence-electron chi connectivity index (χ1n) is 7.77. The van der Waals surface area contributed by atoms with E-state index in [0.717, 1.165) is 11.3 Å². The van der Waals surface area contributed by atoms with E-state index in [9.17, 15) is 18.0 Å². The number of alkyl halides is 3. The fourth-order valence-corrected chi connectivity index (χ4v) is 2.49. The predicted octanol–water partition coefficient (Wildman–Crippen LogP) is 4.08. The van der Waals surface area contributed by atoms with Crippen molar-refractivity contribution in [3.8, 4) is 5.75 Å². The van der Waals surface area contributed by atoms with Crippen molar-refractivity contribution in [2.24, 2.45) is 7.05 Å². The van der Waals surface area contributed by atoms with E-state index in [1.54, 1.807) is 24.3 Å². The molecular weight excluding hydrogens is 347 g/mol. The van der Waals surface area contributed by atoms with Gasteiger partial charge >= 0.3 is 6.18 Å². The summed E-state index contributed by atoms with van der Waals surface area (Å²) in [5.74, 6) is 0.464. The number of rotatable bonds is 4. The number of imidazole rings is 1. The fourth-order valence-electron chi connectivity index (χ4n) is 2.49. The molecule has 0 saturated heterocycles. The number of carbonyl (C=O) groups is 1. The summed E-state index contributed by atoms with van der Waals surface area (Å²) < 4.78 is 43.3. The Bertz CT molecular complexity index is 964. The molecule has 0 fully saturated rings. The largest absolute Gasteiger partial charge is 0.484 e. The van der Waals surface area contributed by atoms with Gasteiger partial charge in [-0.15, -0.1) is 0 Å². The number of amides is 1. The molecule has 136 valence electrons. The maximum Gasteiger partial charge on any atom is 0.422 e. The number of ether oxygens (including phenoxy) is 1. The number of aromatic nitrogens is 2. The van der Waals surface area contributed by atoms with Gasteiger partial charge in [0, 0.05) is 24.4 Å². The van der Waals surface area contributed by atoms with Gasteiger partial charge in [-0.25, -0.2) is 4.98 Å². The van der Waals surface area contributed by atoms with Crippen LogP contribution in [0.3, 0.4) is 0 Å². The molecule has 0 aliphatic carbocycles. The van der Waals surface area contributed by atoms with Gasteiger partial charge in [-0.05, 0) is 37.3 Å². The summed E-state index contributed by atoms with van der Waals surface area (Å²) >= 11 is 0. The predicted molar refractivity (Wildman–Crippen MR) is 91.4 cm³/mol. The topological polar surface area (TPSA) is 56.1 Å². The van der Waals surface area contributed by atoms with Crippen molar-refractivity contribution in [3.63, 3.8) is 0 Å². The Morgan fingerprint density at radius 2 is 2.00 bits per heavy atom. The number of carbonyl (C=O) groups excluding carboxylic acids is 1. The van der Waals surface area contributed by atoms with Crippen molar-refractivity contribution < 1.29 is 22.7 Å². The molecule has 26 heavy (non-hydrogen) atoms. The van der Waals surface area contributed by atoms with Gasteiger partial charge in [-0.2, -0.15) is 13.2 Å². The molecule has 3 rings (SSSR count). The second-order valence-electron chi connectivity index (χ2n) is 5.81. The van der Waals surface area contributed by atoms with Gasteiger partial charge in [-0.1, -0.05) is 6.07 Å². The molecule has 0 aliphatic rings. The van der Waals surface area contributed by atoms with E-state index in [1.165, 1.54) is 18.2 Å². The Morgan fingerprint density at radius 3 is 2.73 bits per heavy atom. The standard InChI is InChI=1S/C18H16F3N3O2/c1-11-22-15-8-12(6-7-16(15)24(11)2)17(25)23-13-4-3-5-14(9-13)26-10-18(19,20)21/h3-9H,10H2,1-2H3,(H,23,25). The number of fused-ring (bicyclic) bond motifs is 1. The molecule has 0 atom stereocenters. The zero-order valence-corrected chi connectivity index (χ0v) is 14.1. The third-order valence-electron chi connectivity index (χ3n) is 3.86. The number of anilines is 1. The van der Waals surface area contributed by atoms with Crippen molar-refractivity contribution in [2.45, 2.75) is 13.1 Å². The highest BCUT2D eigenvalue weighted by atomic mass is 19.4. The number of nitrogens with zero attached hydrogens (tertiary/aromatic N) is 2. The lowest BCUT2D eigenvalue weighted by Crippen LogP contribution is -2.19. The SMILES string of the molecule is Cc1nc2cc(C(=O)Nc3cccc(OCC(F)(F)F)c3)ccc2n1C. The Hall–Kier alpha value is -3.03. The first kappa shape index (κ1) is 17.8. The minimum absolute atomic E-state index is 0.0240. The summed E-state index contributed by atoms with van der Waals surface area (Å²) in [6.45, 7) is 0.478. The maximum atomic E-state index is 12.4. The molecule has 0 spiro atoms. The third-order valence-corrected chi connectivity index (χ3v) is 3.86. The number of nitrogens with one attached hydrogen (secondary N) is 1. The number of benzene rings is 2. The van der Waals surface area contributed by atoms with E-state index in [1.807, 2.05) is 18.5 Å². The number of hydrogen-bond acceptors (Lipinski definition) is 3. The fraction of sp³-hybridized carbons (Fsp3) is 0.222. The van der Waals surface area contributed by atoms with Gasteiger partial charge in [0.05, 0.1) is 11.0 Å². The molecular formula is C18H16F3N3O2. The molecule has 0 radical (unpaired) electrons. The van der Waals surface area contributed by atoms with Crippen LogP contribution in [0, 0.1) is 6.92 Å². The van der Waals surface area contributed by atoms with Crippen molar-refractivity contribution >= 4 is 22.6 Å². The van der Waals surface area contributed by atoms with Crippen LogP contribution in [0.5, 0.6) is 5.75 Å². The molecule has 3 aromatic rings. The first-order chi connectivity index (χ1) is 12.2. The van der Waals surface area contributed by atoms with Crippen molar-refractivity contribution in [1.29, 1.82) is 0 Å². The lowest BCUT2D eigenvalue weighted by molar-refractivity contribution is -0.153. The first-order valence-corrected chi connectivity index (χ1v) is 7.77. The van der Waals surface area contributed by atoms with Gasteiger partial charge < -0.3 is 14.6 Å². The van der Waals surface area contributed by atoms with Crippen LogP contribution in [0.2, 0.25) is 0 Å². The zero-order valence-electron chi connectivity index (χ0n) is 14.1. The molecule has 8 heteroatoms. The molecule has 1 amide bonds. The van der Waals surface area contributed by atoms with Crippen molar-refractivity contribution in [1.82, 2.24) is 9.55 Å². The van der Waals surface area contributed by atoms with E-state index < -0.39 is 12.8 Å². The Kier molecular flexibility index (Phi) is 4.58. The van der Waals surface area contributed by atoms with E-state index in [2.05, 4.69) is 15.0 Å². The highest BCUT2D eigenvalue weighted by Crippen LogP contribution is 2.22. The van der Waals surface area contributed by atoms with E-state index in [4.69, 9.17) is 0 Å². The quantitative estimate of drug-likeness (QED) is 0.760. The molecule has 2 aromatic carbocycles. The van der Waals surface area contributed by atoms with Gasteiger partial charge in [0.1, 0.15) is 11.6 Å². The average Bonchev–Trinajstić information content (AvgIpc) is 2.86. The zero-order chi connectivity index (χ0) is 18.9. The van der Waals surface area contributed by atoms with E-state index in [-0.39, 0.29) is 11.7 Å². The Morgan fingerprint density at radius 1 is 1.23 bits per heavy atom. The van der Waals surface area contributed by atoms with Crippen LogP contribution in [0.4, 0.5) is 18.9 Å². The van der Waals surface area contributed by atoms with Crippen LogP contribution < -0.4 is 10.1 Å². The van der Waals surface area contributed by atoms with Crippen molar-refractivity contribution in [2.75, 3.05) is 11.9 Å². The van der Waals surface area contributed by atoms with E-state index in [0.29, 0.717) is 16.8 Å². The molecule has 1 heterocycles. The second kappa shape index (κ2) is 6.70. The molecule has 0 unspecified atom stereocenters. The van der Waals surface area contributed by atoms with Gasteiger partial charge in [0.15, 0.2) is 6.61 Å². The van der Waals surface area contributed by atoms with Crippen LogP contribution >= 0.6 is 0 Å². The summed E-state index contributed by atoms with van der Waals surface area (Å²) in [5.41, 5.74) is 2.34. The molecule has 0 saturated carbocycles. The number of hydrogen-bond donors (Lipinski definition) is 1. The minimum Gasteiger partial charge on any atom is -0.484 e. The Labute approximate surface area is 147 Å². The highest BCUT2D eigenvalue weighted by molar-refractivity contribution is 6.06. The monoisotopic (exact) mass is 363 g/mol. The highest BCUT2D eigenvalue weighted by Gasteiger charge is 2.28. The summed E-state index contributed by atoms with van der Waals surface area (Å²) in [6, 6.07) is 10.9. The lowest BCUT2D eigenvalue weighted by Gasteiger charge is -2.11. The van der Waals surface area contributed by atoms with Crippen LogP contribution in [-0.2, 0) is 7.05 Å². The van der Waals surface area contributed by atoms with Gasteiger partial charge in [0.2, 0.25) is 0 Å². The normalized spacial score (nSPS) is 11.6. The average molecular weight is 363 g/mol. The maximum absolute atomic E-state index is 12.4. The molecule has 5 nitrogen and oxygen atoms in total. The van der Waals surface area contributed by atoms with E-state index >= 15 is 0 Å². The molecule has 1 aromatic heterocycles. The van der Waals surface area contributed by atoms with Crippen molar-refractivity contribution in [3.05, 3.63) is 53.9 Å². The van der Waals surface area contributed by atoms with Crippen LogP contribution in [-0.4, -0.2) is 28.2 Å². The lowest BCUT2D eigenvalue weighted by atomic mass is 10.2. The second-order valence-corrected chi connectivity index (χ2v) is 5.81. The minimum atomic E-state index is -4.42. The summed E-state index contributed by atoms with van der Waals surface area (Å²) in [4.78, 5) is 16.8.